The fourth-order valence-corrected chi connectivity index (χ4v) is 1.99. The fraction of sp³-hybridized carbons (Fsp3) is 0.467. The lowest BCUT2D eigenvalue weighted by molar-refractivity contribution is -0.137. The van der Waals surface area contributed by atoms with E-state index < -0.39 is 29.7 Å². The van der Waals surface area contributed by atoms with Crippen LogP contribution in [0.2, 0.25) is 0 Å². The molecule has 0 fully saturated rings. The van der Waals surface area contributed by atoms with Crippen molar-refractivity contribution in [3.8, 4) is 0 Å². The van der Waals surface area contributed by atoms with Gasteiger partial charge in [0.25, 0.3) is 0 Å². The minimum atomic E-state index is -0.935. The molecule has 0 radical (unpaired) electrons. The van der Waals surface area contributed by atoms with E-state index in [-0.39, 0.29) is 24.4 Å². The van der Waals surface area contributed by atoms with E-state index in [0.717, 1.165) is 12.1 Å². The first kappa shape index (κ1) is 17.9. The Morgan fingerprint density at radius 3 is 2.50 bits per heavy atom. The molecule has 0 spiro atoms. The summed E-state index contributed by atoms with van der Waals surface area (Å²) in [6.07, 6.45) is 0.264. The van der Waals surface area contributed by atoms with Crippen LogP contribution in [0.25, 0.3) is 0 Å². The molecule has 0 aromatic heterocycles. The predicted molar refractivity (Wildman–Crippen MR) is 77.3 cm³/mol. The van der Waals surface area contributed by atoms with Gasteiger partial charge in [-0.25, -0.2) is 13.6 Å². The molecule has 22 heavy (non-hydrogen) atoms. The van der Waals surface area contributed by atoms with E-state index in [0.29, 0.717) is 6.42 Å². The van der Waals surface area contributed by atoms with E-state index in [1.807, 2.05) is 0 Å². The lowest BCUT2D eigenvalue weighted by atomic mass is 9.95. The third-order valence-electron chi connectivity index (χ3n) is 3.10. The maximum Gasteiger partial charge on any atom is 0.315 e. The highest BCUT2D eigenvalue weighted by Gasteiger charge is 2.21. The molecule has 0 aliphatic carbocycles. The average molecular weight is 314 g/mol. The summed E-state index contributed by atoms with van der Waals surface area (Å²) in [7, 11) is 0. The summed E-state index contributed by atoms with van der Waals surface area (Å²) in [5.74, 6) is -2.44. The maximum absolute atomic E-state index is 13.8. The quantitative estimate of drug-likeness (QED) is 0.677. The molecule has 7 heteroatoms. The number of nitrogens with one attached hydrogen (secondary N) is 2. The molecule has 1 aromatic carbocycles. The SMILES string of the molecule is CC(C)C(NC(=O)NCCCC(=O)O)c1ccc(F)cc1F. The second-order valence-corrected chi connectivity index (χ2v) is 5.29. The third kappa shape index (κ3) is 5.67. The van der Waals surface area contributed by atoms with E-state index in [1.165, 1.54) is 6.07 Å². The zero-order chi connectivity index (χ0) is 16.7. The number of hydrogen-bond donors (Lipinski definition) is 3. The van der Waals surface area contributed by atoms with Gasteiger partial charge in [0.05, 0.1) is 6.04 Å². The van der Waals surface area contributed by atoms with Crippen molar-refractivity contribution in [2.24, 2.45) is 5.92 Å². The first-order valence-corrected chi connectivity index (χ1v) is 7.02. The number of urea groups is 1. The first-order chi connectivity index (χ1) is 10.3. The Hall–Kier alpha value is -2.18. The molecule has 122 valence electrons. The Bertz CT molecular complexity index is 536. The van der Waals surface area contributed by atoms with Gasteiger partial charge in [-0.15, -0.1) is 0 Å². The average Bonchev–Trinajstić information content (AvgIpc) is 2.41. The summed E-state index contributed by atoms with van der Waals surface area (Å²) in [6, 6.07) is 2.09. The highest BCUT2D eigenvalue weighted by molar-refractivity contribution is 5.74. The Morgan fingerprint density at radius 2 is 1.95 bits per heavy atom. The zero-order valence-corrected chi connectivity index (χ0v) is 12.5. The molecule has 0 aliphatic heterocycles. The number of rotatable bonds is 7. The molecule has 0 saturated heterocycles. The number of carbonyl (C=O) groups is 2. The largest absolute Gasteiger partial charge is 0.481 e. The summed E-state index contributed by atoms with van der Waals surface area (Å²) < 4.78 is 26.8. The Morgan fingerprint density at radius 1 is 1.27 bits per heavy atom. The second kappa shape index (κ2) is 8.31. The van der Waals surface area contributed by atoms with E-state index in [9.17, 15) is 18.4 Å². The van der Waals surface area contributed by atoms with E-state index in [1.54, 1.807) is 13.8 Å². The number of benzene rings is 1. The van der Waals surface area contributed by atoms with Crippen molar-refractivity contribution >= 4 is 12.0 Å². The second-order valence-electron chi connectivity index (χ2n) is 5.29. The van der Waals surface area contributed by atoms with Gasteiger partial charge in [0, 0.05) is 24.6 Å². The van der Waals surface area contributed by atoms with Crippen molar-refractivity contribution in [1.82, 2.24) is 10.6 Å². The van der Waals surface area contributed by atoms with E-state index >= 15 is 0 Å². The number of carboxylic acid groups (broad SMARTS) is 1. The van der Waals surface area contributed by atoms with Crippen molar-refractivity contribution in [2.75, 3.05) is 6.54 Å². The van der Waals surface area contributed by atoms with Crippen LogP contribution in [0.3, 0.4) is 0 Å². The minimum Gasteiger partial charge on any atom is -0.481 e. The van der Waals surface area contributed by atoms with Crippen molar-refractivity contribution < 1.29 is 23.5 Å². The van der Waals surface area contributed by atoms with Crippen LogP contribution < -0.4 is 10.6 Å². The summed E-state index contributed by atoms with van der Waals surface area (Å²) in [5, 5.41) is 13.6. The molecular formula is C15H20F2N2O3. The molecule has 5 nitrogen and oxygen atoms in total. The van der Waals surface area contributed by atoms with Gasteiger partial charge in [-0.2, -0.15) is 0 Å². The summed E-state index contributed by atoms with van der Waals surface area (Å²) in [5.41, 5.74) is 0.206. The predicted octanol–water partition coefficient (Wildman–Crippen LogP) is 2.83. The van der Waals surface area contributed by atoms with Crippen LogP contribution >= 0.6 is 0 Å². The lowest BCUT2D eigenvalue weighted by Gasteiger charge is -2.23. The first-order valence-electron chi connectivity index (χ1n) is 7.02. The molecule has 0 bridgehead atoms. The van der Waals surface area contributed by atoms with Crippen LogP contribution in [-0.2, 0) is 4.79 Å². The highest BCUT2D eigenvalue weighted by Crippen LogP contribution is 2.24. The number of carbonyl (C=O) groups excluding carboxylic acids is 1. The molecule has 0 aliphatic rings. The van der Waals surface area contributed by atoms with Crippen molar-refractivity contribution in [1.29, 1.82) is 0 Å². The zero-order valence-electron chi connectivity index (χ0n) is 12.5. The summed E-state index contributed by atoms with van der Waals surface area (Å²) in [4.78, 5) is 22.1. The highest BCUT2D eigenvalue weighted by atomic mass is 19.1. The Labute approximate surface area is 127 Å². The molecule has 2 amide bonds. The normalized spacial score (nSPS) is 12.0. The molecule has 3 N–H and O–H groups in total. The standard InChI is InChI=1S/C15H20F2N2O3/c1-9(2)14(11-6-5-10(16)8-12(11)17)19-15(22)18-7-3-4-13(20)21/h5-6,8-9,14H,3-4,7H2,1-2H3,(H,20,21)(H2,18,19,22). The van der Waals surface area contributed by atoms with Gasteiger partial charge in [-0.05, 0) is 18.4 Å². The topological polar surface area (TPSA) is 78.4 Å². The van der Waals surface area contributed by atoms with Crippen LogP contribution in [0.15, 0.2) is 18.2 Å². The third-order valence-corrected chi connectivity index (χ3v) is 3.10. The minimum absolute atomic E-state index is 0.0412. The van der Waals surface area contributed by atoms with Crippen LogP contribution in [0.1, 0.15) is 38.3 Å². The van der Waals surface area contributed by atoms with Gasteiger partial charge in [-0.3, -0.25) is 4.79 Å². The monoisotopic (exact) mass is 314 g/mol. The van der Waals surface area contributed by atoms with Crippen LogP contribution in [-0.4, -0.2) is 23.7 Å². The molecule has 1 aromatic rings. The van der Waals surface area contributed by atoms with Gasteiger partial charge in [0.2, 0.25) is 0 Å². The van der Waals surface area contributed by atoms with Crippen LogP contribution in [0.4, 0.5) is 13.6 Å². The van der Waals surface area contributed by atoms with E-state index in [2.05, 4.69) is 10.6 Å². The number of amides is 2. The summed E-state index contributed by atoms with van der Waals surface area (Å²) in [6.45, 7) is 3.81. The Balaban J connectivity index is 2.64. The number of carboxylic acids is 1. The smallest absolute Gasteiger partial charge is 0.315 e. The molecule has 1 unspecified atom stereocenters. The summed E-state index contributed by atoms with van der Waals surface area (Å²) >= 11 is 0. The van der Waals surface area contributed by atoms with E-state index in [4.69, 9.17) is 5.11 Å². The van der Waals surface area contributed by atoms with Crippen molar-refractivity contribution in [3.05, 3.63) is 35.4 Å². The number of halogens is 2. The Kier molecular flexibility index (Phi) is 6.75. The molecule has 1 atom stereocenters. The molecule has 0 heterocycles. The molecule has 1 rings (SSSR count). The van der Waals surface area contributed by atoms with Gasteiger partial charge < -0.3 is 15.7 Å². The molecule has 0 saturated carbocycles. The number of aliphatic carboxylic acids is 1. The van der Waals surface area contributed by atoms with Gasteiger partial charge in [0.15, 0.2) is 0 Å². The van der Waals surface area contributed by atoms with Crippen molar-refractivity contribution in [2.45, 2.75) is 32.7 Å². The fourth-order valence-electron chi connectivity index (χ4n) is 1.99. The van der Waals surface area contributed by atoms with Gasteiger partial charge in [0.1, 0.15) is 11.6 Å². The lowest BCUT2D eigenvalue weighted by Crippen LogP contribution is -2.40. The van der Waals surface area contributed by atoms with Gasteiger partial charge >= 0.3 is 12.0 Å². The van der Waals surface area contributed by atoms with Crippen LogP contribution in [0, 0.1) is 17.6 Å². The van der Waals surface area contributed by atoms with Gasteiger partial charge in [-0.1, -0.05) is 19.9 Å². The van der Waals surface area contributed by atoms with Crippen molar-refractivity contribution in [3.63, 3.8) is 0 Å². The number of hydrogen-bond acceptors (Lipinski definition) is 2. The molecular weight excluding hydrogens is 294 g/mol. The maximum atomic E-state index is 13.8. The van der Waals surface area contributed by atoms with Crippen LogP contribution in [0.5, 0.6) is 0 Å².